The minimum Gasteiger partial charge on any atom is -0.354 e. The summed E-state index contributed by atoms with van der Waals surface area (Å²) in [6.45, 7) is 6.81. The predicted octanol–water partition coefficient (Wildman–Crippen LogP) is 3.00. The third kappa shape index (κ3) is 7.86. The molecule has 0 heterocycles. The maximum Gasteiger partial charge on any atom is 0.270 e. The van der Waals surface area contributed by atoms with Gasteiger partial charge in [0.25, 0.3) is 11.6 Å². The molecule has 1 aromatic carbocycles. The summed E-state index contributed by atoms with van der Waals surface area (Å²) < 4.78 is 0. The van der Waals surface area contributed by atoms with Gasteiger partial charge in [0.2, 0.25) is 5.91 Å². The molecule has 1 unspecified atom stereocenters. The zero-order chi connectivity index (χ0) is 19.7. The Kier molecular flexibility index (Phi) is 8.57. The Balaban J connectivity index is 2.76. The van der Waals surface area contributed by atoms with Crippen molar-refractivity contribution in [2.24, 2.45) is 5.41 Å². The van der Waals surface area contributed by atoms with Crippen molar-refractivity contribution in [1.29, 1.82) is 0 Å². The number of nitrogens with one attached hydrogen (secondary N) is 2. The van der Waals surface area contributed by atoms with E-state index in [9.17, 15) is 19.7 Å². The van der Waals surface area contributed by atoms with E-state index in [4.69, 9.17) is 0 Å². The van der Waals surface area contributed by atoms with Crippen molar-refractivity contribution in [1.82, 2.24) is 10.6 Å². The second kappa shape index (κ2) is 10.2. The quantitative estimate of drug-likeness (QED) is 0.506. The van der Waals surface area contributed by atoms with Crippen molar-refractivity contribution < 1.29 is 14.5 Å². The molecule has 1 atom stereocenters. The second-order valence-corrected chi connectivity index (χ2v) is 8.20. The monoisotopic (exact) mass is 381 g/mol. The molecule has 2 amide bonds. The average molecular weight is 381 g/mol. The van der Waals surface area contributed by atoms with Gasteiger partial charge >= 0.3 is 0 Å². The zero-order valence-corrected chi connectivity index (χ0v) is 16.5. The van der Waals surface area contributed by atoms with E-state index in [0.717, 1.165) is 6.42 Å². The molecule has 2 N–H and O–H groups in total. The van der Waals surface area contributed by atoms with Crippen LogP contribution in [0.3, 0.4) is 0 Å². The first-order chi connectivity index (χ1) is 12.1. The Hall–Kier alpha value is -2.09. The van der Waals surface area contributed by atoms with Crippen LogP contribution < -0.4 is 10.6 Å². The van der Waals surface area contributed by atoms with E-state index in [2.05, 4.69) is 31.4 Å². The van der Waals surface area contributed by atoms with Gasteiger partial charge in [0.15, 0.2) is 0 Å². The molecular formula is C18H27N3O4S. The molecule has 1 rings (SSSR count). The highest BCUT2D eigenvalue weighted by atomic mass is 32.2. The van der Waals surface area contributed by atoms with Gasteiger partial charge in [-0.3, -0.25) is 19.7 Å². The topological polar surface area (TPSA) is 101 Å². The normalized spacial score (nSPS) is 12.3. The van der Waals surface area contributed by atoms with Gasteiger partial charge in [-0.2, -0.15) is 11.8 Å². The Morgan fingerprint density at radius 2 is 2.00 bits per heavy atom. The lowest BCUT2D eigenvalue weighted by atomic mass is 9.92. The highest BCUT2D eigenvalue weighted by Gasteiger charge is 2.22. The summed E-state index contributed by atoms with van der Waals surface area (Å²) >= 11 is 1.58. The first-order valence-electron chi connectivity index (χ1n) is 8.46. The summed E-state index contributed by atoms with van der Waals surface area (Å²) in [7, 11) is 0. The lowest BCUT2D eigenvalue weighted by Gasteiger charge is -2.21. The number of nitro groups is 1. The molecule has 0 spiro atoms. The van der Waals surface area contributed by atoms with Gasteiger partial charge in [0.1, 0.15) is 6.04 Å². The molecule has 0 aliphatic rings. The minimum atomic E-state index is -0.672. The average Bonchev–Trinajstić information content (AvgIpc) is 2.57. The maximum absolute atomic E-state index is 12.4. The van der Waals surface area contributed by atoms with Crippen LogP contribution in [-0.4, -0.2) is 41.3 Å². The SMILES string of the molecule is CSCCC(NC(=O)c1cccc([N+](=O)[O-])c1)C(=O)NCCC(C)(C)C. The number of amides is 2. The summed E-state index contributed by atoms with van der Waals surface area (Å²) in [6.07, 6.45) is 3.24. The number of hydrogen-bond acceptors (Lipinski definition) is 5. The number of benzene rings is 1. The van der Waals surface area contributed by atoms with Crippen LogP contribution in [0.1, 0.15) is 44.0 Å². The third-order valence-corrected chi connectivity index (χ3v) is 4.37. The lowest BCUT2D eigenvalue weighted by Crippen LogP contribution is -2.47. The molecule has 7 nitrogen and oxygen atoms in total. The maximum atomic E-state index is 12.4. The summed E-state index contributed by atoms with van der Waals surface area (Å²) in [5.41, 5.74) is 0.109. The number of carbonyl (C=O) groups excluding carboxylic acids is 2. The molecule has 0 aliphatic carbocycles. The number of nitro benzene ring substituents is 1. The second-order valence-electron chi connectivity index (χ2n) is 7.22. The van der Waals surface area contributed by atoms with E-state index < -0.39 is 16.9 Å². The Morgan fingerprint density at radius 3 is 2.58 bits per heavy atom. The van der Waals surface area contributed by atoms with Crippen LogP contribution in [0.15, 0.2) is 24.3 Å². The van der Waals surface area contributed by atoms with Crippen molar-refractivity contribution in [3.05, 3.63) is 39.9 Å². The molecule has 0 saturated carbocycles. The van der Waals surface area contributed by atoms with Crippen LogP contribution in [0.5, 0.6) is 0 Å². The smallest absolute Gasteiger partial charge is 0.270 e. The van der Waals surface area contributed by atoms with Crippen molar-refractivity contribution in [2.45, 2.75) is 39.7 Å². The predicted molar refractivity (Wildman–Crippen MR) is 104 cm³/mol. The Labute approximate surface area is 158 Å². The number of rotatable bonds is 9. The molecule has 0 fully saturated rings. The summed E-state index contributed by atoms with van der Waals surface area (Å²) in [4.78, 5) is 35.1. The van der Waals surface area contributed by atoms with Gasteiger partial charge < -0.3 is 10.6 Å². The van der Waals surface area contributed by atoms with Gasteiger partial charge in [-0.05, 0) is 36.3 Å². The van der Waals surface area contributed by atoms with E-state index in [0.29, 0.717) is 18.7 Å². The fraction of sp³-hybridized carbons (Fsp3) is 0.556. The fourth-order valence-electron chi connectivity index (χ4n) is 2.19. The molecule has 8 heteroatoms. The van der Waals surface area contributed by atoms with Crippen LogP contribution in [0.4, 0.5) is 5.69 Å². The first-order valence-corrected chi connectivity index (χ1v) is 9.85. The van der Waals surface area contributed by atoms with Crippen molar-refractivity contribution >= 4 is 29.3 Å². The van der Waals surface area contributed by atoms with Crippen molar-refractivity contribution in [3.63, 3.8) is 0 Å². The molecule has 1 aromatic rings. The zero-order valence-electron chi connectivity index (χ0n) is 15.7. The molecule has 144 valence electrons. The first kappa shape index (κ1) is 22.0. The summed E-state index contributed by atoms with van der Waals surface area (Å²) in [5.74, 6) is -0.0140. The lowest BCUT2D eigenvalue weighted by molar-refractivity contribution is -0.384. The van der Waals surface area contributed by atoms with Gasteiger partial charge in [0.05, 0.1) is 4.92 Å². The molecule has 0 bridgehead atoms. The molecule has 0 saturated heterocycles. The highest BCUT2D eigenvalue weighted by molar-refractivity contribution is 7.98. The van der Waals surface area contributed by atoms with Crippen LogP contribution in [0.2, 0.25) is 0 Å². The van der Waals surface area contributed by atoms with Crippen LogP contribution >= 0.6 is 11.8 Å². The van der Waals surface area contributed by atoms with E-state index in [1.165, 1.54) is 24.3 Å². The van der Waals surface area contributed by atoms with E-state index in [-0.39, 0.29) is 22.6 Å². The van der Waals surface area contributed by atoms with E-state index >= 15 is 0 Å². The van der Waals surface area contributed by atoms with E-state index in [1.54, 1.807) is 11.8 Å². The number of thioether (sulfide) groups is 1. The highest BCUT2D eigenvalue weighted by Crippen LogP contribution is 2.17. The number of carbonyl (C=O) groups is 2. The van der Waals surface area contributed by atoms with Crippen molar-refractivity contribution in [2.75, 3.05) is 18.6 Å². The fourth-order valence-corrected chi connectivity index (χ4v) is 2.66. The van der Waals surface area contributed by atoms with Gasteiger partial charge in [-0.15, -0.1) is 0 Å². The summed E-state index contributed by atoms with van der Waals surface area (Å²) in [6, 6.07) is 4.80. The Bertz CT molecular complexity index is 644. The number of non-ortho nitro benzene ring substituents is 1. The summed E-state index contributed by atoms with van der Waals surface area (Å²) in [5, 5.41) is 16.4. The van der Waals surface area contributed by atoms with Crippen LogP contribution in [0, 0.1) is 15.5 Å². The standard InChI is InChI=1S/C18H27N3O4S/c1-18(2,3)9-10-19-17(23)15(8-11-26-4)20-16(22)13-6-5-7-14(12-13)21(24)25/h5-7,12,15H,8-11H2,1-4H3,(H,19,23)(H,20,22). The molecule has 26 heavy (non-hydrogen) atoms. The number of nitrogens with zero attached hydrogens (tertiary/aromatic N) is 1. The Morgan fingerprint density at radius 1 is 1.31 bits per heavy atom. The van der Waals surface area contributed by atoms with Crippen molar-refractivity contribution in [3.8, 4) is 0 Å². The minimum absolute atomic E-state index is 0.105. The third-order valence-electron chi connectivity index (χ3n) is 3.73. The molecule has 0 aromatic heterocycles. The van der Waals surface area contributed by atoms with Gasteiger partial charge in [0, 0.05) is 24.2 Å². The van der Waals surface area contributed by atoms with Gasteiger partial charge in [-0.25, -0.2) is 0 Å². The van der Waals surface area contributed by atoms with E-state index in [1.807, 2.05) is 6.26 Å². The van der Waals surface area contributed by atoms with Gasteiger partial charge in [-0.1, -0.05) is 26.8 Å². The molecular weight excluding hydrogens is 354 g/mol. The molecule has 0 aliphatic heterocycles. The van der Waals surface area contributed by atoms with Crippen LogP contribution in [-0.2, 0) is 4.79 Å². The largest absolute Gasteiger partial charge is 0.354 e. The molecule has 0 radical (unpaired) electrons. The number of hydrogen-bond donors (Lipinski definition) is 2. The van der Waals surface area contributed by atoms with Crippen LogP contribution in [0.25, 0.3) is 0 Å².